The quantitative estimate of drug-likeness (QED) is 0.877. The normalized spacial score (nSPS) is 20.1. The van der Waals surface area contributed by atoms with Crippen LogP contribution in [0.5, 0.6) is 0 Å². The Hall–Kier alpha value is -2.37. The van der Waals surface area contributed by atoms with Crippen LogP contribution in [0.15, 0.2) is 54.6 Å². The van der Waals surface area contributed by atoms with Crippen LogP contribution in [-0.4, -0.2) is 43.0 Å². The number of carbonyl (C=O) groups excluding carboxylic acids is 2. The number of morpholine rings is 1. The summed E-state index contributed by atoms with van der Waals surface area (Å²) in [6.45, 7) is 0.408. The molecule has 2 atom stereocenters. The molecule has 2 aromatic rings. The number of carbonyl (C=O) groups is 2. The molecule has 0 aliphatic carbocycles. The monoisotopic (exact) mass is 372 g/mol. The second kappa shape index (κ2) is 8.34. The van der Waals surface area contributed by atoms with Crippen molar-refractivity contribution in [2.75, 3.05) is 20.2 Å². The van der Waals surface area contributed by atoms with Gasteiger partial charge in [0.15, 0.2) is 6.10 Å². The first-order valence-corrected chi connectivity index (χ1v) is 8.88. The van der Waals surface area contributed by atoms with Crippen molar-refractivity contribution in [1.82, 2.24) is 10.2 Å². The Labute approximate surface area is 157 Å². The Morgan fingerprint density at radius 3 is 2.58 bits per heavy atom. The molecule has 1 saturated heterocycles. The molecular weight excluding hydrogens is 352 g/mol. The number of amides is 2. The Morgan fingerprint density at radius 1 is 1.19 bits per heavy atom. The van der Waals surface area contributed by atoms with Gasteiger partial charge in [-0.25, -0.2) is 0 Å². The van der Waals surface area contributed by atoms with Gasteiger partial charge in [-0.3, -0.25) is 9.59 Å². The highest BCUT2D eigenvalue weighted by atomic mass is 35.5. The summed E-state index contributed by atoms with van der Waals surface area (Å²) in [4.78, 5) is 26.3. The number of hydrogen-bond acceptors (Lipinski definition) is 3. The first kappa shape index (κ1) is 18.4. The maximum atomic E-state index is 12.7. The smallest absolute Gasteiger partial charge is 0.251 e. The SMILES string of the molecule is CN1C(=O)CO[C@@H](C(=O)NCCc2ccccc2)[C@H]1c1ccc(Cl)cc1. The molecule has 0 radical (unpaired) electrons. The van der Waals surface area contributed by atoms with Crippen LogP contribution in [-0.2, 0) is 20.7 Å². The van der Waals surface area contributed by atoms with E-state index in [0.717, 1.165) is 17.5 Å². The standard InChI is InChI=1S/C20H21ClN2O3/c1-23-17(24)13-26-19(18(23)15-7-9-16(21)10-8-15)20(25)22-12-11-14-5-3-2-4-6-14/h2-10,18-19H,11-13H2,1H3,(H,22,25)/t18-,19-/m1/s1. The summed E-state index contributed by atoms with van der Waals surface area (Å²) in [5.41, 5.74) is 1.96. The van der Waals surface area contributed by atoms with Crippen molar-refractivity contribution >= 4 is 23.4 Å². The van der Waals surface area contributed by atoms with Gasteiger partial charge in [-0.05, 0) is 29.7 Å². The van der Waals surface area contributed by atoms with E-state index in [4.69, 9.17) is 16.3 Å². The van der Waals surface area contributed by atoms with Crippen LogP contribution in [0.4, 0.5) is 0 Å². The number of ether oxygens (including phenoxy) is 1. The Bertz CT molecular complexity index is 764. The molecule has 1 aliphatic heterocycles. The summed E-state index contributed by atoms with van der Waals surface area (Å²) in [5, 5.41) is 3.52. The molecule has 0 unspecified atom stereocenters. The molecule has 26 heavy (non-hydrogen) atoms. The van der Waals surface area contributed by atoms with Gasteiger partial charge in [0.2, 0.25) is 5.91 Å². The fourth-order valence-corrected chi connectivity index (χ4v) is 3.19. The molecule has 2 amide bonds. The number of likely N-dealkylation sites (N-methyl/N-ethyl adjacent to an activating group) is 1. The summed E-state index contributed by atoms with van der Waals surface area (Å²) in [5.74, 6) is -0.376. The molecule has 6 heteroatoms. The largest absolute Gasteiger partial charge is 0.356 e. The predicted octanol–water partition coefficient (Wildman–Crippen LogP) is 2.60. The van der Waals surface area contributed by atoms with Crippen LogP contribution in [0.1, 0.15) is 17.2 Å². The van der Waals surface area contributed by atoms with Gasteiger partial charge in [0.25, 0.3) is 5.91 Å². The molecule has 1 heterocycles. The lowest BCUT2D eigenvalue weighted by molar-refractivity contribution is -0.162. The van der Waals surface area contributed by atoms with E-state index in [1.165, 1.54) is 0 Å². The fraction of sp³-hybridized carbons (Fsp3) is 0.300. The Balaban J connectivity index is 1.69. The van der Waals surface area contributed by atoms with E-state index in [2.05, 4.69) is 5.32 Å². The molecule has 1 aliphatic rings. The average molecular weight is 373 g/mol. The van der Waals surface area contributed by atoms with Gasteiger partial charge >= 0.3 is 0 Å². The van der Waals surface area contributed by atoms with E-state index in [1.807, 2.05) is 42.5 Å². The van der Waals surface area contributed by atoms with Crippen molar-refractivity contribution in [3.63, 3.8) is 0 Å². The number of halogens is 1. The third kappa shape index (κ3) is 4.23. The van der Waals surface area contributed by atoms with E-state index in [-0.39, 0.29) is 18.4 Å². The van der Waals surface area contributed by atoms with E-state index >= 15 is 0 Å². The molecule has 3 rings (SSSR count). The van der Waals surface area contributed by atoms with Crippen LogP contribution >= 0.6 is 11.6 Å². The molecule has 136 valence electrons. The van der Waals surface area contributed by atoms with E-state index in [0.29, 0.717) is 11.6 Å². The lowest BCUT2D eigenvalue weighted by Gasteiger charge is -2.38. The van der Waals surface area contributed by atoms with Crippen LogP contribution < -0.4 is 5.32 Å². The topological polar surface area (TPSA) is 58.6 Å². The van der Waals surface area contributed by atoms with Gasteiger partial charge in [0, 0.05) is 18.6 Å². The molecular formula is C20H21ClN2O3. The summed E-state index contributed by atoms with van der Waals surface area (Å²) < 4.78 is 5.59. The average Bonchev–Trinajstić information content (AvgIpc) is 2.65. The highest BCUT2D eigenvalue weighted by Crippen LogP contribution is 2.30. The summed E-state index contributed by atoms with van der Waals surface area (Å²) in [7, 11) is 1.69. The fourth-order valence-electron chi connectivity index (χ4n) is 3.06. The molecule has 5 nitrogen and oxygen atoms in total. The second-order valence-electron chi connectivity index (χ2n) is 6.26. The lowest BCUT2D eigenvalue weighted by atomic mass is 9.97. The number of nitrogens with zero attached hydrogens (tertiary/aromatic N) is 1. The van der Waals surface area contributed by atoms with Gasteiger partial charge in [0.05, 0.1) is 6.04 Å². The van der Waals surface area contributed by atoms with Gasteiger partial charge < -0.3 is 15.0 Å². The zero-order valence-corrected chi connectivity index (χ0v) is 15.3. The second-order valence-corrected chi connectivity index (χ2v) is 6.70. The van der Waals surface area contributed by atoms with Gasteiger partial charge in [-0.2, -0.15) is 0 Å². The lowest BCUT2D eigenvalue weighted by Crippen LogP contribution is -2.53. The minimum absolute atomic E-state index is 0.0998. The van der Waals surface area contributed by atoms with E-state index < -0.39 is 12.1 Å². The highest BCUT2D eigenvalue weighted by Gasteiger charge is 2.39. The Kier molecular flexibility index (Phi) is 5.91. The van der Waals surface area contributed by atoms with Crippen LogP contribution in [0.2, 0.25) is 5.02 Å². The van der Waals surface area contributed by atoms with Gasteiger partial charge in [0.1, 0.15) is 6.61 Å². The Morgan fingerprint density at radius 2 is 1.88 bits per heavy atom. The van der Waals surface area contributed by atoms with Crippen molar-refractivity contribution in [2.45, 2.75) is 18.6 Å². The van der Waals surface area contributed by atoms with Crippen LogP contribution in [0, 0.1) is 0 Å². The zero-order valence-electron chi connectivity index (χ0n) is 14.5. The molecule has 0 saturated carbocycles. The number of nitrogens with one attached hydrogen (secondary N) is 1. The molecule has 1 N–H and O–H groups in total. The first-order valence-electron chi connectivity index (χ1n) is 8.50. The van der Waals surface area contributed by atoms with E-state index in [1.54, 1.807) is 24.1 Å². The molecule has 2 aromatic carbocycles. The maximum Gasteiger partial charge on any atom is 0.251 e. The molecule has 0 bridgehead atoms. The first-order chi connectivity index (χ1) is 12.6. The maximum absolute atomic E-state index is 12.7. The van der Waals surface area contributed by atoms with Gasteiger partial charge in [-0.15, -0.1) is 0 Å². The number of hydrogen-bond donors (Lipinski definition) is 1. The minimum atomic E-state index is -0.755. The highest BCUT2D eigenvalue weighted by molar-refractivity contribution is 6.30. The number of benzene rings is 2. The predicted molar refractivity (Wildman–Crippen MR) is 99.9 cm³/mol. The summed E-state index contributed by atoms with van der Waals surface area (Å²) >= 11 is 5.95. The molecule has 0 spiro atoms. The summed E-state index contributed by atoms with van der Waals surface area (Å²) in [6.07, 6.45) is -0.0192. The van der Waals surface area contributed by atoms with Crippen molar-refractivity contribution in [2.24, 2.45) is 0 Å². The van der Waals surface area contributed by atoms with Crippen LogP contribution in [0.3, 0.4) is 0 Å². The van der Waals surface area contributed by atoms with Crippen molar-refractivity contribution < 1.29 is 14.3 Å². The van der Waals surface area contributed by atoms with Crippen molar-refractivity contribution in [3.8, 4) is 0 Å². The van der Waals surface area contributed by atoms with Gasteiger partial charge in [-0.1, -0.05) is 54.1 Å². The van der Waals surface area contributed by atoms with E-state index in [9.17, 15) is 9.59 Å². The third-order valence-electron chi connectivity index (χ3n) is 4.51. The zero-order chi connectivity index (χ0) is 18.5. The van der Waals surface area contributed by atoms with Crippen molar-refractivity contribution in [3.05, 3.63) is 70.7 Å². The van der Waals surface area contributed by atoms with Crippen LogP contribution in [0.25, 0.3) is 0 Å². The number of rotatable bonds is 5. The summed E-state index contributed by atoms with van der Waals surface area (Å²) in [6, 6.07) is 16.6. The van der Waals surface area contributed by atoms with Crippen molar-refractivity contribution in [1.29, 1.82) is 0 Å². The third-order valence-corrected chi connectivity index (χ3v) is 4.76. The molecule has 1 fully saturated rings. The minimum Gasteiger partial charge on any atom is -0.356 e. The molecule has 0 aromatic heterocycles.